The third-order valence-corrected chi connectivity index (χ3v) is 3.46. The highest BCUT2D eigenvalue weighted by Crippen LogP contribution is 2.35. The molecule has 0 radical (unpaired) electrons. The Balaban J connectivity index is 2.44. The Bertz CT molecular complexity index is 589. The number of hydrogen-bond acceptors (Lipinski definition) is 2. The van der Waals surface area contributed by atoms with Crippen LogP contribution in [0.3, 0.4) is 0 Å². The van der Waals surface area contributed by atoms with Gasteiger partial charge >= 0.3 is 6.18 Å². The van der Waals surface area contributed by atoms with E-state index < -0.39 is 23.7 Å². The average molecular weight is 321 g/mol. The van der Waals surface area contributed by atoms with Gasteiger partial charge < -0.3 is 10.2 Å². The van der Waals surface area contributed by atoms with Gasteiger partial charge in [-0.15, -0.1) is 0 Å². The van der Waals surface area contributed by atoms with Crippen LogP contribution in [0.4, 0.5) is 18.9 Å². The van der Waals surface area contributed by atoms with Crippen molar-refractivity contribution in [1.29, 1.82) is 0 Å². The minimum atomic E-state index is -4.53. The average Bonchev–Trinajstić information content (AvgIpc) is 2.50. The lowest BCUT2D eigenvalue weighted by molar-refractivity contribution is -0.137. The molecule has 0 saturated carbocycles. The zero-order valence-electron chi connectivity index (χ0n) is 11.0. The zero-order valence-corrected chi connectivity index (χ0v) is 11.8. The fourth-order valence-electron chi connectivity index (χ4n) is 2.07. The molecule has 1 aromatic rings. The molecule has 1 atom stereocenters. The SMILES string of the molecule is CC1NC(=O)CCN(c2cc(C(F)(F)F)ccc2Cl)C1=O. The molecule has 0 spiro atoms. The zero-order chi connectivity index (χ0) is 15.8. The summed E-state index contributed by atoms with van der Waals surface area (Å²) < 4.78 is 38.3. The van der Waals surface area contributed by atoms with E-state index in [-0.39, 0.29) is 29.6 Å². The first-order chi connectivity index (χ1) is 9.70. The highest BCUT2D eigenvalue weighted by Gasteiger charge is 2.34. The van der Waals surface area contributed by atoms with E-state index in [1.807, 2.05) is 0 Å². The maximum Gasteiger partial charge on any atom is 0.416 e. The topological polar surface area (TPSA) is 49.4 Å². The number of amides is 2. The van der Waals surface area contributed by atoms with Crippen LogP contribution in [-0.2, 0) is 15.8 Å². The minimum absolute atomic E-state index is 0.00263. The summed E-state index contributed by atoms with van der Waals surface area (Å²) in [7, 11) is 0. The summed E-state index contributed by atoms with van der Waals surface area (Å²) in [4.78, 5) is 24.7. The van der Waals surface area contributed by atoms with Gasteiger partial charge in [0.2, 0.25) is 11.8 Å². The van der Waals surface area contributed by atoms with Crippen molar-refractivity contribution in [3.05, 3.63) is 28.8 Å². The second-order valence-corrected chi connectivity index (χ2v) is 5.10. The molecule has 1 heterocycles. The first kappa shape index (κ1) is 15.6. The third-order valence-electron chi connectivity index (χ3n) is 3.14. The van der Waals surface area contributed by atoms with Crippen LogP contribution in [0, 0.1) is 0 Å². The summed E-state index contributed by atoms with van der Waals surface area (Å²) in [5.74, 6) is -0.830. The molecular formula is C13H12ClF3N2O2. The van der Waals surface area contributed by atoms with E-state index >= 15 is 0 Å². The molecular weight excluding hydrogens is 309 g/mol. The van der Waals surface area contributed by atoms with E-state index in [4.69, 9.17) is 11.6 Å². The molecule has 1 aliphatic heterocycles. The monoisotopic (exact) mass is 320 g/mol. The van der Waals surface area contributed by atoms with Crippen LogP contribution in [-0.4, -0.2) is 24.4 Å². The van der Waals surface area contributed by atoms with E-state index in [1.165, 1.54) is 6.92 Å². The van der Waals surface area contributed by atoms with Crippen LogP contribution in [0.25, 0.3) is 0 Å². The van der Waals surface area contributed by atoms with E-state index in [9.17, 15) is 22.8 Å². The van der Waals surface area contributed by atoms with Crippen molar-refractivity contribution in [3.8, 4) is 0 Å². The van der Waals surface area contributed by atoms with Crippen LogP contribution in [0.5, 0.6) is 0 Å². The number of anilines is 1. The Morgan fingerprint density at radius 1 is 1.33 bits per heavy atom. The van der Waals surface area contributed by atoms with Crippen LogP contribution in [0.1, 0.15) is 18.9 Å². The first-order valence-electron chi connectivity index (χ1n) is 6.17. The lowest BCUT2D eigenvalue weighted by Crippen LogP contribution is -2.42. The number of rotatable bonds is 1. The fraction of sp³-hybridized carbons (Fsp3) is 0.385. The van der Waals surface area contributed by atoms with Crippen LogP contribution in [0.2, 0.25) is 5.02 Å². The molecule has 1 unspecified atom stereocenters. The number of carbonyl (C=O) groups is 2. The van der Waals surface area contributed by atoms with Crippen molar-refractivity contribution in [2.45, 2.75) is 25.6 Å². The number of nitrogens with zero attached hydrogens (tertiary/aromatic N) is 1. The van der Waals surface area contributed by atoms with Gasteiger partial charge in [-0.05, 0) is 25.1 Å². The van der Waals surface area contributed by atoms with E-state index in [0.29, 0.717) is 0 Å². The number of hydrogen-bond donors (Lipinski definition) is 1. The molecule has 2 rings (SSSR count). The molecule has 114 valence electrons. The molecule has 1 fully saturated rings. The van der Waals surface area contributed by atoms with Gasteiger partial charge in [-0.3, -0.25) is 9.59 Å². The van der Waals surface area contributed by atoms with E-state index in [1.54, 1.807) is 0 Å². The summed E-state index contributed by atoms with van der Waals surface area (Å²) >= 11 is 5.92. The Morgan fingerprint density at radius 3 is 2.62 bits per heavy atom. The lowest BCUT2D eigenvalue weighted by atomic mass is 10.1. The first-order valence-corrected chi connectivity index (χ1v) is 6.55. The molecule has 2 amide bonds. The number of nitrogens with one attached hydrogen (secondary N) is 1. The lowest BCUT2D eigenvalue weighted by Gasteiger charge is -2.24. The second kappa shape index (κ2) is 5.55. The molecule has 1 aromatic carbocycles. The van der Waals surface area contributed by atoms with E-state index in [2.05, 4.69) is 5.32 Å². The molecule has 21 heavy (non-hydrogen) atoms. The second-order valence-electron chi connectivity index (χ2n) is 4.69. The van der Waals surface area contributed by atoms with Gasteiger partial charge in [0.25, 0.3) is 0 Å². The molecule has 0 bridgehead atoms. The van der Waals surface area contributed by atoms with Gasteiger partial charge in [-0.2, -0.15) is 13.2 Å². The molecule has 4 nitrogen and oxygen atoms in total. The highest BCUT2D eigenvalue weighted by molar-refractivity contribution is 6.34. The maximum absolute atomic E-state index is 12.8. The van der Waals surface area contributed by atoms with Crippen molar-refractivity contribution in [1.82, 2.24) is 5.32 Å². The Labute approximate surface area is 123 Å². The van der Waals surface area contributed by atoms with Gasteiger partial charge in [0.05, 0.1) is 16.3 Å². The van der Waals surface area contributed by atoms with Crippen molar-refractivity contribution < 1.29 is 22.8 Å². The number of halogens is 4. The maximum atomic E-state index is 12.8. The van der Waals surface area contributed by atoms with Gasteiger partial charge in [-0.25, -0.2) is 0 Å². The molecule has 0 aromatic heterocycles. The summed E-state index contributed by atoms with van der Waals surface area (Å²) in [6.45, 7) is 1.45. The van der Waals surface area contributed by atoms with Gasteiger partial charge in [0.15, 0.2) is 0 Å². The van der Waals surface area contributed by atoms with Crippen LogP contribution in [0.15, 0.2) is 18.2 Å². The normalized spacial score (nSPS) is 20.2. The number of benzene rings is 1. The Morgan fingerprint density at radius 2 is 2.00 bits per heavy atom. The molecule has 1 N–H and O–H groups in total. The predicted octanol–water partition coefficient (Wildman–Crippen LogP) is 2.60. The Kier molecular flexibility index (Phi) is 4.13. The number of carbonyl (C=O) groups excluding carboxylic acids is 2. The van der Waals surface area contributed by atoms with Gasteiger partial charge in [0.1, 0.15) is 6.04 Å². The minimum Gasteiger partial charge on any atom is -0.345 e. The quantitative estimate of drug-likeness (QED) is 0.864. The smallest absolute Gasteiger partial charge is 0.345 e. The van der Waals surface area contributed by atoms with Crippen molar-refractivity contribution in [2.75, 3.05) is 11.4 Å². The molecule has 0 aliphatic carbocycles. The summed E-state index contributed by atoms with van der Waals surface area (Å²) in [6, 6.07) is 1.95. The number of alkyl halides is 3. The van der Waals surface area contributed by atoms with Crippen molar-refractivity contribution >= 4 is 29.1 Å². The van der Waals surface area contributed by atoms with Crippen LogP contribution < -0.4 is 10.2 Å². The summed E-state index contributed by atoms with van der Waals surface area (Å²) in [6.07, 6.45) is -4.53. The third kappa shape index (κ3) is 3.29. The fourth-order valence-corrected chi connectivity index (χ4v) is 2.29. The molecule has 8 heteroatoms. The van der Waals surface area contributed by atoms with Gasteiger partial charge in [0, 0.05) is 13.0 Å². The van der Waals surface area contributed by atoms with Crippen molar-refractivity contribution in [2.24, 2.45) is 0 Å². The highest BCUT2D eigenvalue weighted by atomic mass is 35.5. The standard InChI is InChI=1S/C13H12ClF3N2O2/c1-7-12(21)19(5-4-11(20)18-7)10-6-8(13(15,16)17)2-3-9(10)14/h2-3,6-7H,4-5H2,1H3,(H,18,20). The largest absolute Gasteiger partial charge is 0.416 e. The Hall–Kier alpha value is -1.76. The summed E-state index contributed by atoms with van der Waals surface area (Å²) in [5.41, 5.74) is -0.939. The van der Waals surface area contributed by atoms with Crippen molar-refractivity contribution in [3.63, 3.8) is 0 Å². The summed E-state index contributed by atoms with van der Waals surface area (Å²) in [5, 5.41) is 2.49. The molecule has 1 saturated heterocycles. The van der Waals surface area contributed by atoms with Gasteiger partial charge in [-0.1, -0.05) is 11.6 Å². The molecule has 1 aliphatic rings. The van der Waals surface area contributed by atoms with Crippen LogP contribution >= 0.6 is 11.6 Å². The predicted molar refractivity (Wildman–Crippen MR) is 71.0 cm³/mol. The van der Waals surface area contributed by atoms with E-state index in [0.717, 1.165) is 23.1 Å².